The van der Waals surface area contributed by atoms with E-state index in [1.165, 1.54) is 0 Å². The van der Waals surface area contributed by atoms with Crippen molar-refractivity contribution in [1.29, 1.82) is 0 Å². The molecular formula is C19H29NO3S. The number of Topliss-reactive ketones (excluding diaryl/α,β-unsaturated/α-hetero) is 1. The zero-order valence-corrected chi connectivity index (χ0v) is 16.5. The topological polar surface area (TPSA) is 63.2 Å². The highest BCUT2D eigenvalue weighted by Crippen LogP contribution is 2.24. The van der Waals surface area contributed by atoms with Crippen LogP contribution in [0.25, 0.3) is 0 Å². The molecular weight excluding hydrogens is 322 g/mol. The van der Waals surface area contributed by atoms with Crippen molar-refractivity contribution in [2.75, 3.05) is 5.75 Å². The minimum absolute atomic E-state index is 0.0134. The van der Waals surface area contributed by atoms with E-state index in [1.54, 1.807) is 12.1 Å². The highest BCUT2D eigenvalue weighted by atomic mass is 32.2. The van der Waals surface area contributed by atoms with Gasteiger partial charge in [-0.2, -0.15) is 0 Å². The average molecular weight is 352 g/mol. The molecule has 1 aromatic rings. The van der Waals surface area contributed by atoms with E-state index in [2.05, 4.69) is 5.32 Å². The Kier molecular flexibility index (Phi) is 6.51. The van der Waals surface area contributed by atoms with Gasteiger partial charge in [0.1, 0.15) is 0 Å². The molecule has 2 atom stereocenters. The van der Waals surface area contributed by atoms with Crippen LogP contribution in [0.1, 0.15) is 60.1 Å². The summed E-state index contributed by atoms with van der Waals surface area (Å²) >= 11 is 0. The third kappa shape index (κ3) is 5.55. The van der Waals surface area contributed by atoms with Crippen molar-refractivity contribution in [2.24, 2.45) is 10.8 Å². The summed E-state index contributed by atoms with van der Waals surface area (Å²) in [5.41, 5.74) is -0.226. The van der Waals surface area contributed by atoms with Crippen LogP contribution < -0.4 is 5.32 Å². The van der Waals surface area contributed by atoms with Crippen molar-refractivity contribution in [3.63, 3.8) is 0 Å². The Morgan fingerprint density at radius 2 is 1.58 bits per heavy atom. The number of benzene rings is 1. The van der Waals surface area contributed by atoms with E-state index in [0.717, 1.165) is 5.56 Å². The van der Waals surface area contributed by atoms with Crippen LogP contribution in [-0.4, -0.2) is 21.7 Å². The molecule has 1 unspecified atom stereocenters. The van der Waals surface area contributed by atoms with Crippen molar-refractivity contribution in [1.82, 2.24) is 5.32 Å². The van der Waals surface area contributed by atoms with Gasteiger partial charge in [0.15, 0.2) is 5.78 Å². The third-order valence-electron chi connectivity index (χ3n) is 3.76. The second-order valence-corrected chi connectivity index (χ2v) is 9.57. The number of nitrogens with one attached hydrogen (secondary N) is 1. The first-order valence-corrected chi connectivity index (χ1v) is 9.47. The maximum atomic E-state index is 12.7. The molecule has 1 amide bonds. The molecule has 24 heavy (non-hydrogen) atoms. The molecule has 0 aliphatic heterocycles. The Morgan fingerprint density at radius 3 is 2.08 bits per heavy atom. The van der Waals surface area contributed by atoms with Crippen molar-refractivity contribution < 1.29 is 13.8 Å². The third-order valence-corrected chi connectivity index (χ3v) is 5.15. The van der Waals surface area contributed by atoms with Gasteiger partial charge in [0.25, 0.3) is 0 Å². The predicted octanol–water partition coefficient (Wildman–Crippen LogP) is 3.63. The van der Waals surface area contributed by atoms with Crippen LogP contribution in [0, 0.1) is 10.8 Å². The van der Waals surface area contributed by atoms with Crippen LogP contribution in [0.3, 0.4) is 0 Å². The van der Waals surface area contributed by atoms with E-state index in [-0.39, 0.29) is 23.5 Å². The van der Waals surface area contributed by atoms with Gasteiger partial charge in [-0.05, 0) is 18.6 Å². The monoisotopic (exact) mass is 351 g/mol. The van der Waals surface area contributed by atoms with Gasteiger partial charge in [0, 0.05) is 15.7 Å². The van der Waals surface area contributed by atoms with E-state index >= 15 is 0 Å². The van der Waals surface area contributed by atoms with Crippen LogP contribution in [0.2, 0.25) is 0 Å². The molecule has 5 heteroatoms. The fraction of sp³-hybridized carbons (Fsp3) is 0.579. The predicted molar refractivity (Wildman–Crippen MR) is 98.2 cm³/mol. The molecule has 1 N–H and O–H groups in total. The summed E-state index contributed by atoms with van der Waals surface area (Å²) in [5.74, 6) is -0.121. The minimum atomic E-state index is -1.43. The highest BCUT2D eigenvalue weighted by molar-refractivity contribution is 7.85. The smallest absolute Gasteiger partial charge is 0.225 e. The molecule has 4 nitrogen and oxygen atoms in total. The molecule has 1 rings (SSSR count). The summed E-state index contributed by atoms with van der Waals surface area (Å²) in [6, 6.07) is 6.99. The van der Waals surface area contributed by atoms with Crippen LogP contribution in [0.5, 0.6) is 0 Å². The van der Waals surface area contributed by atoms with Gasteiger partial charge < -0.3 is 5.32 Å². The highest BCUT2D eigenvalue weighted by Gasteiger charge is 2.27. The molecule has 0 aliphatic carbocycles. The Labute approximate surface area is 147 Å². The lowest BCUT2D eigenvalue weighted by atomic mass is 9.92. The number of carbonyl (C=O) groups is 2. The normalized spacial score (nSPS) is 14.8. The standard InChI is InChI=1S/C19H29NO3S/c1-13(20-17(22)19(5,6)7)14-10-8-9-11-15(14)24(23)12-16(21)18(2,3)4/h8-11,13H,12H2,1-7H3,(H,20,22)/t13-,24?/m1/s1. The van der Waals surface area contributed by atoms with Crippen LogP contribution in [-0.2, 0) is 20.4 Å². The number of carbonyl (C=O) groups excluding carboxylic acids is 2. The Balaban J connectivity index is 3.02. The summed E-state index contributed by atoms with van der Waals surface area (Å²) < 4.78 is 12.7. The number of hydrogen-bond donors (Lipinski definition) is 1. The SMILES string of the molecule is C[C@@H](NC(=O)C(C)(C)C)c1ccccc1S(=O)CC(=O)C(C)(C)C. The first-order chi connectivity index (χ1) is 10.8. The summed E-state index contributed by atoms with van der Waals surface area (Å²) in [6.07, 6.45) is 0. The van der Waals surface area contributed by atoms with Gasteiger partial charge >= 0.3 is 0 Å². The number of ketones is 1. The van der Waals surface area contributed by atoms with E-state index in [0.29, 0.717) is 4.90 Å². The van der Waals surface area contributed by atoms with Crippen molar-refractivity contribution >= 4 is 22.5 Å². The molecule has 0 heterocycles. The lowest BCUT2D eigenvalue weighted by Gasteiger charge is -2.23. The molecule has 134 valence electrons. The lowest BCUT2D eigenvalue weighted by Crippen LogP contribution is -2.36. The molecule has 0 fully saturated rings. The Hall–Kier alpha value is -1.49. The van der Waals surface area contributed by atoms with Gasteiger partial charge in [-0.1, -0.05) is 59.7 Å². The van der Waals surface area contributed by atoms with E-state index in [9.17, 15) is 13.8 Å². The summed E-state index contributed by atoms with van der Waals surface area (Å²) in [5, 5.41) is 2.96. The van der Waals surface area contributed by atoms with E-state index < -0.39 is 21.6 Å². The number of amides is 1. The minimum Gasteiger partial charge on any atom is -0.349 e. The average Bonchev–Trinajstić information content (AvgIpc) is 2.45. The van der Waals surface area contributed by atoms with Gasteiger partial charge in [0.2, 0.25) is 5.91 Å². The van der Waals surface area contributed by atoms with Crippen LogP contribution >= 0.6 is 0 Å². The van der Waals surface area contributed by atoms with E-state index in [1.807, 2.05) is 60.6 Å². The van der Waals surface area contributed by atoms with Gasteiger partial charge in [-0.25, -0.2) is 0 Å². The van der Waals surface area contributed by atoms with Crippen molar-refractivity contribution in [3.05, 3.63) is 29.8 Å². The lowest BCUT2D eigenvalue weighted by molar-refractivity contribution is -0.129. The first kappa shape index (κ1) is 20.6. The van der Waals surface area contributed by atoms with Gasteiger partial charge in [-0.15, -0.1) is 0 Å². The summed E-state index contributed by atoms with van der Waals surface area (Å²) in [4.78, 5) is 25.0. The molecule has 1 aromatic carbocycles. The fourth-order valence-electron chi connectivity index (χ4n) is 1.95. The molecule has 0 bridgehead atoms. The quantitative estimate of drug-likeness (QED) is 0.881. The maximum absolute atomic E-state index is 12.7. The van der Waals surface area contributed by atoms with Crippen molar-refractivity contribution in [3.8, 4) is 0 Å². The fourth-order valence-corrected chi connectivity index (χ4v) is 3.51. The van der Waals surface area contributed by atoms with E-state index in [4.69, 9.17) is 0 Å². The largest absolute Gasteiger partial charge is 0.349 e. The summed E-state index contributed by atoms with van der Waals surface area (Å²) in [6.45, 7) is 12.9. The second-order valence-electron chi connectivity index (χ2n) is 8.15. The molecule has 0 radical (unpaired) electrons. The number of rotatable bonds is 5. The first-order valence-electron chi connectivity index (χ1n) is 8.15. The number of hydrogen-bond acceptors (Lipinski definition) is 3. The Morgan fingerprint density at radius 1 is 1.04 bits per heavy atom. The van der Waals surface area contributed by atoms with Crippen LogP contribution in [0.4, 0.5) is 0 Å². The van der Waals surface area contributed by atoms with Gasteiger partial charge in [0.05, 0.1) is 22.6 Å². The molecule has 0 aromatic heterocycles. The zero-order valence-electron chi connectivity index (χ0n) is 15.7. The van der Waals surface area contributed by atoms with Gasteiger partial charge in [-0.3, -0.25) is 13.8 Å². The zero-order chi connectivity index (χ0) is 18.7. The molecule has 0 spiro atoms. The molecule has 0 saturated heterocycles. The Bertz CT molecular complexity index is 639. The van der Waals surface area contributed by atoms with Crippen molar-refractivity contribution in [2.45, 2.75) is 59.4 Å². The van der Waals surface area contributed by atoms with Crippen LogP contribution in [0.15, 0.2) is 29.2 Å². The second kappa shape index (κ2) is 7.60. The molecule has 0 aliphatic rings. The molecule has 0 saturated carbocycles. The maximum Gasteiger partial charge on any atom is 0.225 e. The summed E-state index contributed by atoms with van der Waals surface area (Å²) in [7, 11) is -1.43.